The summed E-state index contributed by atoms with van der Waals surface area (Å²) in [5, 5.41) is 8.43. The number of ether oxygens (including phenoxy) is 1. The van der Waals surface area contributed by atoms with E-state index >= 15 is 0 Å². The summed E-state index contributed by atoms with van der Waals surface area (Å²) >= 11 is 0. The minimum Gasteiger partial charge on any atom is -0.478 e. The quantitative estimate of drug-likeness (QED) is 0.605. The monoisotopic (exact) mass is 254 g/mol. The van der Waals surface area contributed by atoms with Gasteiger partial charge in [-0.15, -0.1) is 0 Å². The number of aliphatic carboxylic acids is 1. The smallest absolute Gasteiger partial charge is 0.331 e. The number of hydrogen-bond donors (Lipinski definition) is 1. The summed E-state index contributed by atoms with van der Waals surface area (Å²) in [5.41, 5.74) is -0.526. The predicted molar refractivity (Wildman–Crippen MR) is 68.1 cm³/mol. The topological polar surface area (TPSA) is 63.6 Å². The molecule has 1 aliphatic rings. The molecule has 0 aromatic rings. The van der Waals surface area contributed by atoms with Crippen LogP contribution in [0.4, 0.5) is 0 Å². The van der Waals surface area contributed by atoms with Crippen molar-refractivity contribution in [2.45, 2.75) is 58.0 Å². The molecule has 0 radical (unpaired) electrons. The largest absolute Gasteiger partial charge is 0.478 e. The molecule has 4 heteroatoms. The molecule has 0 spiro atoms. The Kier molecular flexibility index (Phi) is 5.38. The third kappa shape index (κ3) is 5.84. The molecule has 0 aromatic heterocycles. The summed E-state index contributed by atoms with van der Waals surface area (Å²) in [4.78, 5) is 21.7. The summed E-state index contributed by atoms with van der Waals surface area (Å²) in [7, 11) is 0. The van der Waals surface area contributed by atoms with Gasteiger partial charge in [0.05, 0.1) is 0 Å². The van der Waals surface area contributed by atoms with Gasteiger partial charge in [-0.25, -0.2) is 9.59 Å². The molecule has 0 saturated heterocycles. The highest BCUT2D eigenvalue weighted by Gasteiger charge is 2.27. The van der Waals surface area contributed by atoms with Crippen LogP contribution in [0.25, 0.3) is 0 Å². The first kappa shape index (κ1) is 14.7. The highest BCUT2D eigenvalue weighted by Crippen LogP contribution is 2.32. The molecule has 0 heterocycles. The average Bonchev–Trinajstić information content (AvgIpc) is 2.26. The van der Waals surface area contributed by atoms with Crippen molar-refractivity contribution in [2.24, 2.45) is 5.92 Å². The molecule has 1 fully saturated rings. The molecule has 102 valence electrons. The van der Waals surface area contributed by atoms with Crippen molar-refractivity contribution < 1.29 is 19.4 Å². The molecule has 1 aliphatic carbocycles. The maximum absolute atomic E-state index is 11.4. The molecule has 0 unspecified atom stereocenters. The van der Waals surface area contributed by atoms with Crippen LogP contribution in [-0.4, -0.2) is 22.6 Å². The second kappa shape index (κ2) is 6.57. The molecule has 4 nitrogen and oxygen atoms in total. The Balaban J connectivity index is 2.42. The summed E-state index contributed by atoms with van der Waals surface area (Å²) in [6.45, 7) is 3.77. The van der Waals surface area contributed by atoms with E-state index in [0.29, 0.717) is 5.92 Å². The first-order valence-corrected chi connectivity index (χ1v) is 6.53. The van der Waals surface area contributed by atoms with E-state index in [-0.39, 0.29) is 0 Å². The zero-order valence-electron chi connectivity index (χ0n) is 11.1. The zero-order valence-corrected chi connectivity index (χ0v) is 11.1. The lowest BCUT2D eigenvalue weighted by Crippen LogP contribution is -2.31. The lowest BCUT2D eigenvalue weighted by atomic mass is 9.82. The van der Waals surface area contributed by atoms with Crippen molar-refractivity contribution in [3.05, 3.63) is 12.2 Å². The van der Waals surface area contributed by atoms with Crippen LogP contribution in [0.5, 0.6) is 0 Å². The molecule has 1 N–H and O–H groups in total. The van der Waals surface area contributed by atoms with Gasteiger partial charge in [-0.05, 0) is 26.2 Å². The van der Waals surface area contributed by atoms with Gasteiger partial charge in [0.25, 0.3) is 0 Å². The number of rotatable bonds is 5. The SMILES string of the molecule is CC(C)(CC1CCCCC1)OC(=O)/C=C/C(=O)O. The molecule has 0 bridgehead atoms. The number of esters is 1. The van der Waals surface area contributed by atoms with E-state index in [9.17, 15) is 9.59 Å². The minimum atomic E-state index is -1.14. The fourth-order valence-corrected chi connectivity index (χ4v) is 2.57. The van der Waals surface area contributed by atoms with Gasteiger partial charge >= 0.3 is 11.9 Å². The van der Waals surface area contributed by atoms with E-state index in [0.717, 1.165) is 18.6 Å². The number of hydrogen-bond acceptors (Lipinski definition) is 3. The van der Waals surface area contributed by atoms with Crippen LogP contribution in [0.2, 0.25) is 0 Å². The Hall–Kier alpha value is -1.32. The van der Waals surface area contributed by atoms with E-state index in [1.807, 2.05) is 13.8 Å². The molecule has 0 amide bonds. The standard InChI is InChI=1S/C14H22O4/c1-14(2,10-11-6-4-3-5-7-11)18-13(17)9-8-12(15)16/h8-9,11H,3-7,10H2,1-2H3,(H,15,16)/b9-8+. The van der Waals surface area contributed by atoms with Gasteiger partial charge in [0.2, 0.25) is 0 Å². The van der Waals surface area contributed by atoms with E-state index in [1.165, 1.54) is 32.1 Å². The minimum absolute atomic E-state index is 0.526. The van der Waals surface area contributed by atoms with Crippen LogP contribution in [0.1, 0.15) is 52.4 Å². The Labute approximate surface area is 108 Å². The molecule has 0 aliphatic heterocycles. The lowest BCUT2D eigenvalue weighted by Gasteiger charge is -2.31. The third-order valence-corrected chi connectivity index (χ3v) is 3.24. The summed E-state index contributed by atoms with van der Waals surface area (Å²) in [5.74, 6) is -1.11. The van der Waals surface area contributed by atoms with Gasteiger partial charge in [0.1, 0.15) is 5.60 Å². The Morgan fingerprint density at radius 3 is 2.39 bits per heavy atom. The number of carbonyl (C=O) groups is 2. The van der Waals surface area contributed by atoms with Gasteiger partial charge in [0, 0.05) is 12.2 Å². The maximum atomic E-state index is 11.4. The highest BCUT2D eigenvalue weighted by molar-refractivity contribution is 5.90. The molecule has 0 atom stereocenters. The van der Waals surface area contributed by atoms with Crippen LogP contribution in [0.15, 0.2) is 12.2 Å². The van der Waals surface area contributed by atoms with Crippen LogP contribution in [0, 0.1) is 5.92 Å². The van der Waals surface area contributed by atoms with Crippen molar-refractivity contribution in [1.82, 2.24) is 0 Å². The summed E-state index contributed by atoms with van der Waals surface area (Å²) in [6.07, 6.45) is 8.83. The van der Waals surface area contributed by atoms with Gasteiger partial charge in [-0.2, -0.15) is 0 Å². The maximum Gasteiger partial charge on any atom is 0.331 e. The molecular weight excluding hydrogens is 232 g/mol. The second-order valence-electron chi connectivity index (χ2n) is 5.56. The van der Waals surface area contributed by atoms with Crippen LogP contribution in [-0.2, 0) is 14.3 Å². The van der Waals surface area contributed by atoms with E-state index < -0.39 is 17.5 Å². The Morgan fingerprint density at radius 2 is 1.83 bits per heavy atom. The summed E-state index contributed by atoms with van der Waals surface area (Å²) in [6, 6.07) is 0. The second-order valence-corrected chi connectivity index (χ2v) is 5.56. The van der Waals surface area contributed by atoms with Gasteiger partial charge in [-0.3, -0.25) is 0 Å². The Bertz CT molecular complexity index is 325. The van der Waals surface area contributed by atoms with Crippen molar-refractivity contribution >= 4 is 11.9 Å². The van der Waals surface area contributed by atoms with Gasteiger partial charge < -0.3 is 9.84 Å². The fourth-order valence-electron chi connectivity index (χ4n) is 2.57. The average molecular weight is 254 g/mol. The molecule has 1 saturated carbocycles. The van der Waals surface area contributed by atoms with Crippen molar-refractivity contribution in [1.29, 1.82) is 0 Å². The highest BCUT2D eigenvalue weighted by atomic mass is 16.6. The van der Waals surface area contributed by atoms with Crippen molar-refractivity contribution in [2.75, 3.05) is 0 Å². The van der Waals surface area contributed by atoms with Crippen LogP contribution < -0.4 is 0 Å². The van der Waals surface area contributed by atoms with Crippen molar-refractivity contribution in [3.8, 4) is 0 Å². The molecule has 0 aromatic carbocycles. The van der Waals surface area contributed by atoms with Crippen LogP contribution >= 0.6 is 0 Å². The number of carbonyl (C=O) groups excluding carboxylic acids is 1. The third-order valence-electron chi connectivity index (χ3n) is 3.24. The molecule has 18 heavy (non-hydrogen) atoms. The first-order chi connectivity index (χ1) is 8.39. The first-order valence-electron chi connectivity index (χ1n) is 6.53. The number of carboxylic acids is 1. The molecule has 1 rings (SSSR count). The van der Waals surface area contributed by atoms with Crippen LogP contribution in [0.3, 0.4) is 0 Å². The van der Waals surface area contributed by atoms with E-state index in [1.54, 1.807) is 0 Å². The Morgan fingerprint density at radius 1 is 1.22 bits per heavy atom. The van der Waals surface area contributed by atoms with Gasteiger partial charge in [-0.1, -0.05) is 32.1 Å². The molecular formula is C14H22O4. The normalized spacial score (nSPS) is 17.9. The van der Waals surface area contributed by atoms with E-state index in [4.69, 9.17) is 9.84 Å². The zero-order chi connectivity index (χ0) is 13.6. The predicted octanol–water partition coefficient (Wildman–Crippen LogP) is 2.92. The lowest BCUT2D eigenvalue weighted by molar-refractivity contribution is -0.152. The van der Waals surface area contributed by atoms with Crippen molar-refractivity contribution in [3.63, 3.8) is 0 Å². The number of carboxylic acid groups (broad SMARTS) is 1. The fraction of sp³-hybridized carbons (Fsp3) is 0.714. The van der Waals surface area contributed by atoms with E-state index in [2.05, 4.69) is 0 Å². The van der Waals surface area contributed by atoms with Gasteiger partial charge in [0.15, 0.2) is 0 Å². The summed E-state index contributed by atoms with van der Waals surface area (Å²) < 4.78 is 5.30.